The zero-order chi connectivity index (χ0) is 13.1. The van der Waals surface area contributed by atoms with E-state index in [1.807, 2.05) is 20.0 Å². The number of carboxylic acids is 1. The molecule has 0 aliphatic carbocycles. The molecule has 96 valence electrons. The molecule has 0 saturated heterocycles. The molecule has 0 amide bonds. The Kier molecular flexibility index (Phi) is 3.66. The van der Waals surface area contributed by atoms with Crippen LogP contribution in [0.15, 0.2) is 21.9 Å². The quantitative estimate of drug-likeness (QED) is 0.824. The average Bonchev–Trinajstić information content (AvgIpc) is 2.95. The Morgan fingerprint density at radius 3 is 2.94 bits per heavy atom. The van der Waals surface area contributed by atoms with Gasteiger partial charge in [0.05, 0.1) is 0 Å². The van der Waals surface area contributed by atoms with Crippen molar-refractivity contribution in [2.45, 2.75) is 25.1 Å². The van der Waals surface area contributed by atoms with Gasteiger partial charge in [-0.25, -0.2) is 0 Å². The second-order valence-electron chi connectivity index (χ2n) is 3.83. The molecule has 0 bridgehead atoms. The summed E-state index contributed by atoms with van der Waals surface area (Å²) in [6.45, 7) is 4.03. The molecule has 18 heavy (non-hydrogen) atoms. The fourth-order valence-electron chi connectivity index (χ4n) is 1.23. The van der Waals surface area contributed by atoms with Crippen LogP contribution < -0.4 is 0 Å². The van der Waals surface area contributed by atoms with Crippen LogP contribution in [0.2, 0.25) is 0 Å². The van der Waals surface area contributed by atoms with Crippen molar-refractivity contribution < 1.29 is 14.3 Å². The van der Waals surface area contributed by atoms with E-state index in [-0.39, 0.29) is 17.0 Å². The molecule has 0 unspecified atom stereocenters. The SMILES string of the molecule is CC(C)n1ccc(-c2nnc(SCC(=O)O)o2)n1. The van der Waals surface area contributed by atoms with Crippen LogP contribution in [0.1, 0.15) is 19.9 Å². The van der Waals surface area contributed by atoms with Gasteiger partial charge >= 0.3 is 5.97 Å². The van der Waals surface area contributed by atoms with Gasteiger partial charge < -0.3 is 9.52 Å². The van der Waals surface area contributed by atoms with E-state index in [2.05, 4.69) is 15.3 Å². The first-order chi connectivity index (χ1) is 8.56. The summed E-state index contributed by atoms with van der Waals surface area (Å²) in [6, 6.07) is 2.03. The van der Waals surface area contributed by atoms with Crippen molar-refractivity contribution in [2.24, 2.45) is 0 Å². The zero-order valence-electron chi connectivity index (χ0n) is 9.90. The molecular formula is C10H12N4O3S. The van der Waals surface area contributed by atoms with Crippen molar-refractivity contribution in [1.82, 2.24) is 20.0 Å². The number of thioether (sulfide) groups is 1. The maximum Gasteiger partial charge on any atom is 0.314 e. The number of carbonyl (C=O) groups is 1. The summed E-state index contributed by atoms with van der Waals surface area (Å²) < 4.78 is 7.10. The molecule has 0 atom stereocenters. The Labute approximate surface area is 107 Å². The Hall–Kier alpha value is -1.83. The van der Waals surface area contributed by atoms with E-state index in [0.29, 0.717) is 11.6 Å². The first-order valence-corrected chi connectivity index (χ1v) is 6.28. The first kappa shape index (κ1) is 12.6. The Bertz CT molecular complexity index is 549. The van der Waals surface area contributed by atoms with E-state index >= 15 is 0 Å². The highest BCUT2D eigenvalue weighted by Crippen LogP contribution is 2.22. The highest BCUT2D eigenvalue weighted by Gasteiger charge is 2.13. The van der Waals surface area contributed by atoms with Gasteiger partial charge in [-0.15, -0.1) is 10.2 Å². The largest absolute Gasteiger partial charge is 0.481 e. The van der Waals surface area contributed by atoms with Crippen LogP contribution in [-0.4, -0.2) is 36.8 Å². The van der Waals surface area contributed by atoms with E-state index in [4.69, 9.17) is 9.52 Å². The van der Waals surface area contributed by atoms with Crippen molar-refractivity contribution >= 4 is 17.7 Å². The van der Waals surface area contributed by atoms with Crippen LogP contribution in [-0.2, 0) is 4.79 Å². The fourth-order valence-corrected chi connectivity index (χ4v) is 1.72. The molecular weight excluding hydrogens is 256 g/mol. The standard InChI is InChI=1S/C10H12N4O3S/c1-6(2)14-4-3-7(13-14)9-11-12-10(17-9)18-5-8(15)16/h3-4,6H,5H2,1-2H3,(H,15,16). The molecule has 1 N–H and O–H groups in total. The molecule has 8 heteroatoms. The number of aliphatic carboxylic acids is 1. The van der Waals surface area contributed by atoms with Gasteiger partial charge in [-0.2, -0.15) is 5.10 Å². The highest BCUT2D eigenvalue weighted by atomic mass is 32.2. The predicted octanol–water partition coefficient (Wildman–Crippen LogP) is 1.69. The normalized spacial score (nSPS) is 11.1. The number of hydrogen-bond acceptors (Lipinski definition) is 6. The summed E-state index contributed by atoms with van der Waals surface area (Å²) in [4.78, 5) is 10.4. The van der Waals surface area contributed by atoms with Gasteiger partial charge in [-0.3, -0.25) is 9.48 Å². The number of aromatic nitrogens is 4. The summed E-state index contributed by atoms with van der Waals surface area (Å²) in [6.07, 6.45) is 1.83. The van der Waals surface area contributed by atoms with Crippen LogP contribution in [0.5, 0.6) is 0 Å². The molecule has 7 nitrogen and oxygen atoms in total. The maximum atomic E-state index is 10.4. The molecule has 0 saturated carbocycles. The molecule has 2 heterocycles. The minimum Gasteiger partial charge on any atom is -0.481 e. The van der Waals surface area contributed by atoms with Gasteiger partial charge in [-0.05, 0) is 19.9 Å². The van der Waals surface area contributed by atoms with Crippen LogP contribution >= 0.6 is 11.8 Å². The number of nitrogens with zero attached hydrogens (tertiary/aromatic N) is 4. The topological polar surface area (TPSA) is 94.0 Å². The average molecular weight is 268 g/mol. The zero-order valence-corrected chi connectivity index (χ0v) is 10.7. The molecule has 0 aliphatic heterocycles. The summed E-state index contributed by atoms with van der Waals surface area (Å²) in [5, 5.41) is 20.6. The summed E-state index contributed by atoms with van der Waals surface area (Å²) in [5.74, 6) is -0.742. The van der Waals surface area contributed by atoms with Crippen molar-refractivity contribution in [3.8, 4) is 11.6 Å². The first-order valence-electron chi connectivity index (χ1n) is 5.30. The summed E-state index contributed by atoms with van der Waals surface area (Å²) in [5.41, 5.74) is 0.582. The lowest BCUT2D eigenvalue weighted by atomic mass is 10.4. The van der Waals surface area contributed by atoms with Crippen molar-refractivity contribution in [3.05, 3.63) is 12.3 Å². The maximum absolute atomic E-state index is 10.4. The summed E-state index contributed by atoms with van der Waals surface area (Å²) in [7, 11) is 0. The number of rotatable bonds is 5. The molecule has 2 rings (SSSR count). The molecule has 0 spiro atoms. The van der Waals surface area contributed by atoms with E-state index in [9.17, 15) is 4.79 Å². The minimum absolute atomic E-state index is 0.109. The van der Waals surface area contributed by atoms with Crippen LogP contribution in [0.4, 0.5) is 0 Å². The predicted molar refractivity (Wildman–Crippen MR) is 64.3 cm³/mol. The van der Waals surface area contributed by atoms with Gasteiger partial charge in [0.2, 0.25) is 0 Å². The van der Waals surface area contributed by atoms with Crippen molar-refractivity contribution in [1.29, 1.82) is 0 Å². The van der Waals surface area contributed by atoms with Gasteiger partial charge in [0.1, 0.15) is 11.4 Å². The molecule has 0 radical (unpaired) electrons. The van der Waals surface area contributed by atoms with Crippen LogP contribution in [0, 0.1) is 0 Å². The minimum atomic E-state index is -0.927. The smallest absolute Gasteiger partial charge is 0.314 e. The highest BCUT2D eigenvalue weighted by molar-refractivity contribution is 7.99. The van der Waals surface area contributed by atoms with Crippen molar-refractivity contribution in [3.63, 3.8) is 0 Å². The lowest BCUT2D eigenvalue weighted by Crippen LogP contribution is -2.00. The third-order valence-electron chi connectivity index (χ3n) is 2.08. The number of hydrogen-bond donors (Lipinski definition) is 1. The monoisotopic (exact) mass is 268 g/mol. The van der Waals surface area contributed by atoms with Gasteiger partial charge in [-0.1, -0.05) is 11.8 Å². The second kappa shape index (κ2) is 5.21. The molecule has 0 aromatic carbocycles. The summed E-state index contributed by atoms with van der Waals surface area (Å²) >= 11 is 0.983. The molecule has 0 fully saturated rings. The number of carboxylic acid groups (broad SMARTS) is 1. The molecule has 2 aromatic heterocycles. The van der Waals surface area contributed by atoms with Gasteiger partial charge in [0, 0.05) is 12.2 Å². The molecule has 2 aromatic rings. The van der Waals surface area contributed by atoms with Crippen molar-refractivity contribution in [2.75, 3.05) is 5.75 Å². The molecule has 0 aliphatic rings. The van der Waals surface area contributed by atoms with E-state index < -0.39 is 5.97 Å². The van der Waals surface area contributed by atoms with Crippen LogP contribution in [0.25, 0.3) is 11.6 Å². The van der Waals surface area contributed by atoms with Crippen LogP contribution in [0.3, 0.4) is 0 Å². The lowest BCUT2D eigenvalue weighted by Gasteiger charge is -2.02. The second-order valence-corrected chi connectivity index (χ2v) is 4.76. The third-order valence-corrected chi connectivity index (χ3v) is 2.89. The van der Waals surface area contributed by atoms with Gasteiger partial charge in [0.15, 0.2) is 0 Å². The van der Waals surface area contributed by atoms with Gasteiger partial charge in [0.25, 0.3) is 11.1 Å². The Balaban J connectivity index is 2.11. The Morgan fingerprint density at radius 2 is 2.33 bits per heavy atom. The van der Waals surface area contributed by atoms with E-state index in [0.717, 1.165) is 11.8 Å². The Morgan fingerprint density at radius 1 is 1.56 bits per heavy atom. The third kappa shape index (κ3) is 2.89. The lowest BCUT2D eigenvalue weighted by molar-refractivity contribution is -0.133. The van der Waals surface area contributed by atoms with E-state index in [1.54, 1.807) is 10.7 Å². The van der Waals surface area contributed by atoms with E-state index in [1.165, 1.54) is 0 Å². The fraction of sp³-hybridized carbons (Fsp3) is 0.400.